The van der Waals surface area contributed by atoms with Crippen LogP contribution in [0.4, 0.5) is 0 Å². The van der Waals surface area contributed by atoms with E-state index >= 15 is 0 Å². The molecule has 0 unspecified atom stereocenters. The molecule has 2 amide bonds. The number of rotatable bonds is 2. The fraction of sp³-hybridized carbons (Fsp3) is 0.429. The highest BCUT2D eigenvalue weighted by Crippen LogP contribution is 1.71. The highest BCUT2D eigenvalue weighted by Gasteiger charge is 1.86. The van der Waals surface area contributed by atoms with Gasteiger partial charge in [-0.05, 0) is 6.20 Å². The van der Waals surface area contributed by atoms with Crippen molar-refractivity contribution in [2.45, 2.75) is 20.3 Å². The maximum Gasteiger partial charge on any atom is 0.223 e. The van der Waals surface area contributed by atoms with E-state index in [4.69, 9.17) is 0 Å². The molecule has 0 bridgehead atoms. The van der Waals surface area contributed by atoms with E-state index in [0.717, 1.165) is 0 Å². The summed E-state index contributed by atoms with van der Waals surface area (Å²) in [5.41, 5.74) is 4.47. The third-order valence-electron chi connectivity index (χ3n) is 0.584. The van der Waals surface area contributed by atoms with Gasteiger partial charge in [0.05, 0.1) is 0 Å². The van der Waals surface area contributed by atoms with Crippen molar-refractivity contribution in [2.24, 2.45) is 5.73 Å². The van der Waals surface area contributed by atoms with Gasteiger partial charge in [-0.25, -0.2) is 0 Å². The molecular weight excluding hydrogens is 144 g/mol. The van der Waals surface area contributed by atoms with Gasteiger partial charge in [0.25, 0.3) is 0 Å². The Morgan fingerprint density at radius 1 is 1.64 bits per heavy atom. The van der Waals surface area contributed by atoms with Crippen molar-refractivity contribution in [3.05, 3.63) is 12.8 Å². The van der Waals surface area contributed by atoms with Gasteiger partial charge < -0.3 is 11.1 Å². The van der Waals surface area contributed by atoms with Crippen molar-refractivity contribution < 1.29 is 9.59 Å². The van der Waals surface area contributed by atoms with Gasteiger partial charge >= 0.3 is 0 Å². The Labute approximate surface area is 66.5 Å². The standard InChI is InChI=1S/C5H9NO.C2H5NO/c1-3-5(7)6-4-2;1-2(3)4/h4H,2-3H2,1H3,(H,6,7);1H3,(H2,3,4). The van der Waals surface area contributed by atoms with Gasteiger partial charge in [-0.2, -0.15) is 0 Å². The Hall–Kier alpha value is -1.32. The lowest BCUT2D eigenvalue weighted by Gasteiger charge is -1.89. The summed E-state index contributed by atoms with van der Waals surface area (Å²) in [7, 11) is 0. The number of nitrogens with two attached hydrogens (primary N) is 1. The van der Waals surface area contributed by atoms with Crippen LogP contribution in [0.1, 0.15) is 20.3 Å². The maximum absolute atomic E-state index is 10.2. The molecule has 0 aliphatic heterocycles. The summed E-state index contributed by atoms with van der Waals surface area (Å²) in [4.78, 5) is 19.5. The zero-order valence-corrected chi connectivity index (χ0v) is 6.89. The smallest absolute Gasteiger partial charge is 0.223 e. The Kier molecular flexibility index (Phi) is 9.76. The van der Waals surface area contributed by atoms with E-state index < -0.39 is 0 Å². The predicted octanol–water partition coefficient (Wildman–Crippen LogP) is 0.148. The molecule has 0 saturated heterocycles. The molecule has 0 spiro atoms. The molecule has 0 atom stereocenters. The number of carbonyl (C=O) groups excluding carboxylic acids is 2. The summed E-state index contributed by atoms with van der Waals surface area (Å²) >= 11 is 0. The first-order chi connectivity index (χ1) is 5.04. The third-order valence-corrected chi connectivity index (χ3v) is 0.584. The second-order valence-corrected chi connectivity index (χ2v) is 1.74. The minimum absolute atomic E-state index is 0.00926. The second kappa shape index (κ2) is 8.68. The van der Waals surface area contributed by atoms with Crippen LogP contribution in [0.25, 0.3) is 0 Å². The largest absolute Gasteiger partial charge is 0.370 e. The Bertz CT molecular complexity index is 139. The number of primary amides is 1. The Balaban J connectivity index is 0. The van der Waals surface area contributed by atoms with Crippen LogP contribution in [0.5, 0.6) is 0 Å². The maximum atomic E-state index is 10.2. The van der Waals surface area contributed by atoms with E-state index in [1.165, 1.54) is 13.1 Å². The molecule has 0 rings (SSSR count). The minimum atomic E-state index is -0.333. The summed E-state index contributed by atoms with van der Waals surface area (Å²) in [5.74, 6) is -0.324. The average molecular weight is 158 g/mol. The normalized spacial score (nSPS) is 7.09. The molecule has 4 heteroatoms. The van der Waals surface area contributed by atoms with Crippen LogP contribution in [0.3, 0.4) is 0 Å². The summed E-state index contributed by atoms with van der Waals surface area (Å²) in [6, 6.07) is 0. The van der Waals surface area contributed by atoms with Crippen LogP contribution in [0.2, 0.25) is 0 Å². The average Bonchev–Trinajstić information content (AvgIpc) is 1.87. The molecular formula is C7H14N2O2. The quantitative estimate of drug-likeness (QED) is 0.600. The van der Waals surface area contributed by atoms with E-state index in [1.807, 2.05) is 0 Å². The Morgan fingerprint density at radius 2 is 2.00 bits per heavy atom. The highest BCUT2D eigenvalue weighted by molar-refractivity contribution is 5.76. The van der Waals surface area contributed by atoms with Crippen LogP contribution in [-0.4, -0.2) is 11.8 Å². The first-order valence-corrected chi connectivity index (χ1v) is 3.20. The molecule has 0 saturated carbocycles. The fourth-order valence-corrected chi connectivity index (χ4v) is 0.216. The van der Waals surface area contributed by atoms with Crippen molar-refractivity contribution in [3.8, 4) is 0 Å². The predicted molar refractivity (Wildman–Crippen MR) is 43.5 cm³/mol. The zero-order chi connectivity index (χ0) is 9.28. The van der Waals surface area contributed by atoms with Crippen molar-refractivity contribution >= 4 is 11.8 Å². The molecule has 0 aromatic heterocycles. The van der Waals surface area contributed by atoms with Gasteiger partial charge in [-0.3, -0.25) is 9.59 Å². The fourth-order valence-electron chi connectivity index (χ4n) is 0.216. The second-order valence-electron chi connectivity index (χ2n) is 1.74. The van der Waals surface area contributed by atoms with Crippen LogP contribution < -0.4 is 11.1 Å². The molecule has 0 heterocycles. The van der Waals surface area contributed by atoms with E-state index in [2.05, 4.69) is 17.6 Å². The lowest BCUT2D eigenvalue weighted by molar-refractivity contribution is -0.120. The van der Waals surface area contributed by atoms with E-state index in [0.29, 0.717) is 6.42 Å². The van der Waals surface area contributed by atoms with E-state index in [9.17, 15) is 9.59 Å². The molecule has 11 heavy (non-hydrogen) atoms. The first-order valence-electron chi connectivity index (χ1n) is 3.20. The number of hydrogen-bond acceptors (Lipinski definition) is 2. The monoisotopic (exact) mass is 158 g/mol. The lowest BCUT2D eigenvalue weighted by atomic mass is 10.5. The van der Waals surface area contributed by atoms with Crippen LogP contribution >= 0.6 is 0 Å². The van der Waals surface area contributed by atoms with Gasteiger partial charge in [0.15, 0.2) is 0 Å². The molecule has 64 valence electrons. The molecule has 4 nitrogen and oxygen atoms in total. The number of nitrogens with one attached hydrogen (secondary N) is 1. The third kappa shape index (κ3) is 28.6. The van der Waals surface area contributed by atoms with Crippen LogP contribution in [-0.2, 0) is 9.59 Å². The molecule has 0 aliphatic carbocycles. The van der Waals surface area contributed by atoms with Gasteiger partial charge in [0.2, 0.25) is 11.8 Å². The van der Waals surface area contributed by atoms with Crippen molar-refractivity contribution in [1.29, 1.82) is 0 Å². The van der Waals surface area contributed by atoms with Gasteiger partial charge in [0.1, 0.15) is 0 Å². The van der Waals surface area contributed by atoms with Crippen LogP contribution in [0, 0.1) is 0 Å². The van der Waals surface area contributed by atoms with E-state index in [-0.39, 0.29) is 11.8 Å². The summed E-state index contributed by atoms with van der Waals surface area (Å²) in [6.07, 6.45) is 1.90. The van der Waals surface area contributed by atoms with Crippen molar-refractivity contribution in [2.75, 3.05) is 0 Å². The van der Waals surface area contributed by atoms with Crippen molar-refractivity contribution in [1.82, 2.24) is 5.32 Å². The molecule has 0 aromatic carbocycles. The molecule has 0 aromatic rings. The molecule has 0 radical (unpaired) electrons. The number of amides is 2. The molecule has 0 fully saturated rings. The summed E-state index contributed by atoms with van der Waals surface area (Å²) < 4.78 is 0. The SMILES string of the molecule is C=CNC(=O)CC.CC(N)=O. The van der Waals surface area contributed by atoms with Crippen molar-refractivity contribution in [3.63, 3.8) is 0 Å². The zero-order valence-electron chi connectivity index (χ0n) is 6.89. The van der Waals surface area contributed by atoms with E-state index in [1.54, 1.807) is 6.92 Å². The number of hydrogen-bond donors (Lipinski definition) is 2. The highest BCUT2D eigenvalue weighted by atomic mass is 16.1. The van der Waals surface area contributed by atoms with Gasteiger partial charge in [0, 0.05) is 13.3 Å². The van der Waals surface area contributed by atoms with Gasteiger partial charge in [-0.15, -0.1) is 0 Å². The molecule has 0 aliphatic rings. The van der Waals surface area contributed by atoms with Crippen LogP contribution in [0.15, 0.2) is 12.8 Å². The van der Waals surface area contributed by atoms with Gasteiger partial charge in [-0.1, -0.05) is 13.5 Å². The minimum Gasteiger partial charge on any atom is -0.370 e. The lowest BCUT2D eigenvalue weighted by Crippen LogP contribution is -2.13. The topological polar surface area (TPSA) is 72.2 Å². The summed E-state index contributed by atoms with van der Waals surface area (Å²) in [6.45, 7) is 6.41. The first kappa shape index (κ1) is 12.4. The summed E-state index contributed by atoms with van der Waals surface area (Å²) in [5, 5.41) is 2.42. The Morgan fingerprint density at radius 3 is 2.09 bits per heavy atom. The number of carbonyl (C=O) groups is 2. The molecule has 3 N–H and O–H groups in total.